The molecule has 0 amide bonds. The smallest absolute Gasteiger partial charge is 0.122 e. The van der Waals surface area contributed by atoms with Gasteiger partial charge in [-0.1, -0.05) is 42.5 Å². The van der Waals surface area contributed by atoms with Crippen molar-refractivity contribution in [1.29, 1.82) is 0 Å². The maximum atomic E-state index is 6.24. The molecule has 2 aliphatic rings. The topological polar surface area (TPSA) is 24.8 Å². The van der Waals surface area contributed by atoms with Gasteiger partial charge in [-0.3, -0.25) is 4.99 Å². The molecule has 0 aromatic heterocycles. The molecule has 2 heterocycles. The molecule has 26 heavy (non-hydrogen) atoms. The zero-order valence-electron chi connectivity index (χ0n) is 15.6. The van der Waals surface area contributed by atoms with Crippen molar-refractivity contribution >= 4 is 6.21 Å². The Morgan fingerprint density at radius 2 is 1.96 bits per heavy atom. The maximum absolute atomic E-state index is 6.24. The fraction of sp³-hybridized carbons (Fsp3) is 0.348. The lowest BCUT2D eigenvalue weighted by Crippen LogP contribution is -2.22. The van der Waals surface area contributed by atoms with E-state index in [-0.39, 0.29) is 0 Å². The number of ether oxygens (including phenoxy) is 1. The van der Waals surface area contributed by atoms with Crippen molar-refractivity contribution in [3.8, 4) is 16.9 Å². The number of rotatable bonds is 5. The van der Waals surface area contributed by atoms with E-state index < -0.39 is 0 Å². The van der Waals surface area contributed by atoms with Crippen LogP contribution in [-0.4, -0.2) is 36.9 Å². The first-order valence-electron chi connectivity index (χ1n) is 9.48. The van der Waals surface area contributed by atoms with Gasteiger partial charge in [0.05, 0.1) is 18.3 Å². The van der Waals surface area contributed by atoms with E-state index in [1.165, 1.54) is 28.8 Å². The molecule has 2 aliphatic heterocycles. The van der Waals surface area contributed by atoms with Crippen molar-refractivity contribution in [3.63, 3.8) is 0 Å². The Morgan fingerprint density at radius 3 is 2.73 bits per heavy atom. The summed E-state index contributed by atoms with van der Waals surface area (Å²) in [4.78, 5) is 6.88. The summed E-state index contributed by atoms with van der Waals surface area (Å²) in [6.45, 7) is 7.21. The third-order valence-corrected chi connectivity index (χ3v) is 5.35. The van der Waals surface area contributed by atoms with Crippen molar-refractivity contribution in [1.82, 2.24) is 4.90 Å². The lowest BCUT2D eigenvalue weighted by atomic mass is 10.00. The molecule has 0 bridgehead atoms. The minimum absolute atomic E-state index is 0.323. The first-order valence-corrected chi connectivity index (χ1v) is 9.48. The Labute approximate surface area is 156 Å². The Kier molecular flexibility index (Phi) is 4.79. The molecule has 2 aromatic rings. The lowest BCUT2D eigenvalue weighted by Gasteiger charge is -2.19. The first kappa shape index (κ1) is 16.9. The van der Waals surface area contributed by atoms with Crippen molar-refractivity contribution in [2.75, 3.05) is 19.7 Å². The van der Waals surface area contributed by atoms with Crippen molar-refractivity contribution < 1.29 is 4.74 Å². The molecule has 3 heteroatoms. The zero-order chi connectivity index (χ0) is 17.9. The molecule has 134 valence electrons. The fourth-order valence-corrected chi connectivity index (χ4v) is 3.83. The van der Waals surface area contributed by atoms with Gasteiger partial charge in [-0.05, 0) is 49.1 Å². The Hall–Kier alpha value is -2.55. The zero-order valence-corrected chi connectivity index (χ0v) is 15.6. The van der Waals surface area contributed by atoms with Crippen LogP contribution in [0.4, 0.5) is 0 Å². The summed E-state index contributed by atoms with van der Waals surface area (Å²) in [6, 6.07) is 17.2. The van der Waals surface area contributed by atoms with Gasteiger partial charge < -0.3 is 9.64 Å². The van der Waals surface area contributed by atoms with E-state index in [2.05, 4.69) is 78.3 Å². The summed E-state index contributed by atoms with van der Waals surface area (Å²) in [5.41, 5.74) is 4.98. The van der Waals surface area contributed by atoms with Crippen LogP contribution in [0.3, 0.4) is 0 Å². The average molecular weight is 346 g/mol. The highest BCUT2D eigenvalue weighted by atomic mass is 16.5. The van der Waals surface area contributed by atoms with Crippen LogP contribution in [0.2, 0.25) is 0 Å². The SMILES string of the molecule is Cc1c(OCC2CCN(C3=CC(C)N=C3)C2)cccc1-c1ccccc1. The van der Waals surface area contributed by atoms with Gasteiger partial charge >= 0.3 is 0 Å². The minimum Gasteiger partial charge on any atom is -0.493 e. The summed E-state index contributed by atoms with van der Waals surface area (Å²) in [5, 5.41) is 0. The fourth-order valence-electron chi connectivity index (χ4n) is 3.83. The summed E-state index contributed by atoms with van der Waals surface area (Å²) >= 11 is 0. The van der Waals surface area contributed by atoms with Crippen LogP contribution >= 0.6 is 0 Å². The third-order valence-electron chi connectivity index (χ3n) is 5.35. The van der Waals surface area contributed by atoms with Crippen LogP contribution in [-0.2, 0) is 0 Å². The number of benzene rings is 2. The van der Waals surface area contributed by atoms with Gasteiger partial charge in [0.25, 0.3) is 0 Å². The average Bonchev–Trinajstić information content (AvgIpc) is 3.30. The normalized spacial score (nSPS) is 21.9. The predicted octanol–water partition coefficient (Wildman–Crippen LogP) is 4.72. The standard InChI is InChI=1S/C23H26N2O/c1-17-13-21(14-24-17)25-12-11-19(15-25)16-26-23-10-6-9-22(18(23)2)20-7-4-3-5-8-20/h3-10,13-14,17,19H,11-12,15-16H2,1-2H3. The lowest BCUT2D eigenvalue weighted by molar-refractivity contribution is 0.250. The largest absolute Gasteiger partial charge is 0.493 e. The van der Waals surface area contributed by atoms with Gasteiger partial charge in [0.15, 0.2) is 0 Å². The molecule has 0 spiro atoms. The highest BCUT2D eigenvalue weighted by Crippen LogP contribution is 2.31. The third kappa shape index (κ3) is 3.52. The second-order valence-corrected chi connectivity index (χ2v) is 7.32. The summed E-state index contributed by atoms with van der Waals surface area (Å²) in [7, 11) is 0. The monoisotopic (exact) mass is 346 g/mol. The molecule has 1 saturated heterocycles. The number of hydrogen-bond acceptors (Lipinski definition) is 3. The summed E-state index contributed by atoms with van der Waals surface area (Å²) in [5.74, 6) is 1.57. The van der Waals surface area contributed by atoms with E-state index in [1.54, 1.807) is 0 Å². The Morgan fingerprint density at radius 1 is 1.12 bits per heavy atom. The van der Waals surface area contributed by atoms with Crippen LogP contribution in [0.5, 0.6) is 5.75 Å². The maximum Gasteiger partial charge on any atom is 0.122 e. The van der Waals surface area contributed by atoms with Gasteiger partial charge in [0, 0.05) is 25.2 Å². The number of nitrogens with zero attached hydrogens (tertiary/aromatic N) is 2. The first-order chi connectivity index (χ1) is 12.7. The van der Waals surface area contributed by atoms with Crippen LogP contribution in [0.1, 0.15) is 18.9 Å². The minimum atomic E-state index is 0.323. The molecule has 0 radical (unpaired) electrons. The molecule has 1 fully saturated rings. The number of allylic oxidation sites excluding steroid dienone is 1. The van der Waals surface area contributed by atoms with E-state index in [1.807, 2.05) is 6.21 Å². The van der Waals surface area contributed by atoms with Crippen LogP contribution in [0, 0.1) is 12.8 Å². The van der Waals surface area contributed by atoms with E-state index in [9.17, 15) is 0 Å². The molecule has 4 rings (SSSR count). The van der Waals surface area contributed by atoms with Gasteiger partial charge in [-0.15, -0.1) is 0 Å². The van der Waals surface area contributed by atoms with Gasteiger partial charge in [-0.2, -0.15) is 0 Å². The van der Waals surface area contributed by atoms with Gasteiger partial charge in [-0.25, -0.2) is 0 Å². The van der Waals surface area contributed by atoms with Crippen molar-refractivity contribution in [3.05, 3.63) is 65.9 Å². The van der Waals surface area contributed by atoms with E-state index in [4.69, 9.17) is 4.74 Å². The molecular formula is C23H26N2O. The van der Waals surface area contributed by atoms with E-state index >= 15 is 0 Å². The van der Waals surface area contributed by atoms with Crippen molar-refractivity contribution in [2.24, 2.45) is 10.9 Å². The predicted molar refractivity (Wildman–Crippen MR) is 108 cm³/mol. The van der Waals surface area contributed by atoms with Crippen LogP contribution in [0.25, 0.3) is 11.1 Å². The van der Waals surface area contributed by atoms with Crippen LogP contribution in [0.15, 0.2) is 65.3 Å². The number of likely N-dealkylation sites (tertiary alicyclic amines) is 1. The van der Waals surface area contributed by atoms with Crippen molar-refractivity contribution in [2.45, 2.75) is 26.3 Å². The summed E-state index contributed by atoms with van der Waals surface area (Å²) < 4.78 is 6.24. The molecule has 0 N–H and O–H groups in total. The van der Waals surface area contributed by atoms with E-state index in [0.717, 1.165) is 25.4 Å². The Balaban J connectivity index is 1.40. The quantitative estimate of drug-likeness (QED) is 0.782. The van der Waals surface area contributed by atoms with Crippen LogP contribution < -0.4 is 4.74 Å². The highest BCUT2D eigenvalue weighted by Gasteiger charge is 2.25. The van der Waals surface area contributed by atoms with Gasteiger partial charge in [0.2, 0.25) is 0 Å². The molecule has 2 atom stereocenters. The molecular weight excluding hydrogens is 320 g/mol. The molecule has 0 aliphatic carbocycles. The molecule has 2 aromatic carbocycles. The highest BCUT2D eigenvalue weighted by molar-refractivity contribution is 5.80. The summed E-state index contributed by atoms with van der Waals surface area (Å²) in [6.07, 6.45) is 5.44. The number of hydrogen-bond donors (Lipinski definition) is 0. The number of aliphatic imine (C=N–C) groups is 1. The second kappa shape index (κ2) is 7.36. The van der Waals surface area contributed by atoms with E-state index in [0.29, 0.717) is 12.0 Å². The van der Waals surface area contributed by atoms with Gasteiger partial charge in [0.1, 0.15) is 5.75 Å². The Bertz CT molecular complexity index is 825. The molecule has 3 nitrogen and oxygen atoms in total. The second-order valence-electron chi connectivity index (χ2n) is 7.32. The molecule has 2 unspecified atom stereocenters. The molecule has 0 saturated carbocycles.